The Bertz CT molecular complexity index is 352. The molecule has 0 saturated heterocycles. The van der Waals surface area contributed by atoms with Gasteiger partial charge < -0.3 is 10.8 Å². The molecule has 0 aromatic carbocycles. The molecular formula is C12H20N2O2S. The van der Waals surface area contributed by atoms with Crippen LogP contribution < -0.4 is 5.73 Å². The van der Waals surface area contributed by atoms with E-state index in [0.717, 1.165) is 31.4 Å². The summed E-state index contributed by atoms with van der Waals surface area (Å²) in [4.78, 5) is 16.5. The Balaban J connectivity index is 2.39. The highest BCUT2D eigenvalue weighted by Crippen LogP contribution is 2.20. The maximum Gasteiger partial charge on any atom is 0.306 e. The summed E-state index contributed by atoms with van der Waals surface area (Å²) in [7, 11) is 0. The Morgan fingerprint density at radius 3 is 2.82 bits per heavy atom. The molecule has 0 aliphatic carbocycles. The van der Waals surface area contributed by atoms with Crippen molar-refractivity contribution < 1.29 is 9.90 Å². The molecule has 1 atom stereocenters. The molecule has 0 aliphatic heterocycles. The van der Waals surface area contributed by atoms with E-state index in [1.54, 1.807) is 11.3 Å². The van der Waals surface area contributed by atoms with Crippen molar-refractivity contribution in [2.45, 2.75) is 39.0 Å². The predicted molar refractivity (Wildman–Crippen MR) is 69.2 cm³/mol. The predicted octanol–water partition coefficient (Wildman–Crippen LogP) is 2.21. The quantitative estimate of drug-likeness (QED) is 0.699. The summed E-state index contributed by atoms with van der Waals surface area (Å²) in [5.74, 6) is -0.938. The third-order valence-corrected chi connectivity index (χ3v) is 3.92. The first-order valence-electron chi connectivity index (χ1n) is 5.97. The Hall–Kier alpha value is -0.940. The summed E-state index contributed by atoms with van der Waals surface area (Å²) in [6.07, 6.45) is 4.04. The number of aliphatic carboxylic acids is 1. The molecule has 5 heteroatoms. The number of hydrogen-bond acceptors (Lipinski definition) is 4. The van der Waals surface area contributed by atoms with Gasteiger partial charge in [0.05, 0.1) is 17.1 Å². The van der Waals surface area contributed by atoms with E-state index in [2.05, 4.69) is 4.98 Å². The number of carboxylic acids is 1. The van der Waals surface area contributed by atoms with E-state index in [-0.39, 0.29) is 5.92 Å². The topological polar surface area (TPSA) is 76.2 Å². The van der Waals surface area contributed by atoms with Gasteiger partial charge in [0, 0.05) is 4.88 Å². The number of unbranched alkanes of at least 4 members (excludes halogenated alkanes) is 1. The number of rotatable bonds is 8. The zero-order valence-corrected chi connectivity index (χ0v) is 11.0. The van der Waals surface area contributed by atoms with Crippen LogP contribution in [0.2, 0.25) is 0 Å². The number of carboxylic acid groups (broad SMARTS) is 1. The Morgan fingerprint density at radius 2 is 2.29 bits per heavy atom. The standard InChI is InChI=1S/C12H20N2O2S/c1-9-11(17-8-14-9)6-5-10(12(15)16)4-2-3-7-13/h8,10H,2-7,13H2,1H3,(H,15,16). The summed E-state index contributed by atoms with van der Waals surface area (Å²) in [5, 5.41) is 9.13. The molecule has 1 unspecified atom stereocenters. The number of aromatic nitrogens is 1. The lowest BCUT2D eigenvalue weighted by atomic mass is 9.96. The average Bonchev–Trinajstić information content (AvgIpc) is 2.69. The van der Waals surface area contributed by atoms with Crippen molar-refractivity contribution >= 4 is 17.3 Å². The largest absolute Gasteiger partial charge is 0.481 e. The third kappa shape index (κ3) is 4.83. The molecule has 0 aliphatic rings. The summed E-state index contributed by atoms with van der Waals surface area (Å²) < 4.78 is 0. The zero-order valence-electron chi connectivity index (χ0n) is 10.2. The van der Waals surface area contributed by atoms with Gasteiger partial charge in [0.1, 0.15) is 0 Å². The van der Waals surface area contributed by atoms with Gasteiger partial charge >= 0.3 is 5.97 Å². The third-order valence-electron chi connectivity index (χ3n) is 2.92. The second kappa shape index (κ2) is 7.40. The molecule has 0 spiro atoms. The number of aryl methyl sites for hydroxylation is 2. The maximum absolute atomic E-state index is 11.1. The lowest BCUT2D eigenvalue weighted by Crippen LogP contribution is -2.15. The summed E-state index contributed by atoms with van der Waals surface area (Å²) in [6.45, 7) is 2.61. The van der Waals surface area contributed by atoms with Crippen LogP contribution in [0.1, 0.15) is 36.3 Å². The highest BCUT2D eigenvalue weighted by atomic mass is 32.1. The second-order valence-electron chi connectivity index (χ2n) is 4.22. The van der Waals surface area contributed by atoms with Crippen molar-refractivity contribution in [3.05, 3.63) is 16.1 Å². The van der Waals surface area contributed by atoms with Gasteiger partial charge in [-0.05, 0) is 39.2 Å². The summed E-state index contributed by atoms with van der Waals surface area (Å²) in [5.41, 5.74) is 8.25. The zero-order chi connectivity index (χ0) is 12.7. The second-order valence-corrected chi connectivity index (χ2v) is 5.16. The van der Waals surface area contributed by atoms with Crippen LogP contribution in [-0.4, -0.2) is 22.6 Å². The van der Waals surface area contributed by atoms with Crippen LogP contribution in [-0.2, 0) is 11.2 Å². The van der Waals surface area contributed by atoms with Crippen LogP contribution in [0.3, 0.4) is 0 Å². The maximum atomic E-state index is 11.1. The molecule has 0 radical (unpaired) electrons. The van der Waals surface area contributed by atoms with E-state index in [9.17, 15) is 4.79 Å². The van der Waals surface area contributed by atoms with E-state index in [4.69, 9.17) is 10.8 Å². The number of thiazole rings is 1. The van der Waals surface area contributed by atoms with Crippen molar-refractivity contribution in [3.8, 4) is 0 Å². The minimum absolute atomic E-state index is 0.247. The SMILES string of the molecule is Cc1ncsc1CCC(CCCCN)C(=O)O. The first-order valence-corrected chi connectivity index (χ1v) is 6.85. The molecule has 0 fully saturated rings. The monoisotopic (exact) mass is 256 g/mol. The fourth-order valence-corrected chi connectivity index (χ4v) is 2.59. The molecule has 1 rings (SSSR count). The highest BCUT2D eigenvalue weighted by Gasteiger charge is 2.17. The number of nitrogens with zero attached hydrogens (tertiary/aromatic N) is 1. The van der Waals surface area contributed by atoms with Crippen molar-refractivity contribution in [3.63, 3.8) is 0 Å². The molecule has 0 amide bonds. The van der Waals surface area contributed by atoms with Crippen molar-refractivity contribution in [1.82, 2.24) is 4.98 Å². The van der Waals surface area contributed by atoms with Crippen LogP contribution in [0.5, 0.6) is 0 Å². The van der Waals surface area contributed by atoms with Crippen LogP contribution in [0.15, 0.2) is 5.51 Å². The lowest BCUT2D eigenvalue weighted by molar-refractivity contribution is -0.142. The Morgan fingerprint density at radius 1 is 1.53 bits per heavy atom. The fraction of sp³-hybridized carbons (Fsp3) is 0.667. The van der Waals surface area contributed by atoms with Gasteiger partial charge in [0.15, 0.2) is 0 Å². The minimum atomic E-state index is -0.691. The van der Waals surface area contributed by atoms with Crippen molar-refractivity contribution in [2.24, 2.45) is 11.7 Å². The van der Waals surface area contributed by atoms with Gasteiger partial charge in [-0.1, -0.05) is 6.42 Å². The summed E-state index contributed by atoms with van der Waals surface area (Å²) >= 11 is 1.61. The molecule has 4 nitrogen and oxygen atoms in total. The van der Waals surface area contributed by atoms with Gasteiger partial charge in [-0.15, -0.1) is 11.3 Å². The molecule has 96 valence electrons. The molecule has 1 aromatic heterocycles. The molecule has 0 bridgehead atoms. The number of carbonyl (C=O) groups is 1. The minimum Gasteiger partial charge on any atom is -0.481 e. The smallest absolute Gasteiger partial charge is 0.306 e. The average molecular weight is 256 g/mol. The number of hydrogen-bond donors (Lipinski definition) is 2. The van der Waals surface area contributed by atoms with Gasteiger partial charge in [-0.3, -0.25) is 4.79 Å². The van der Waals surface area contributed by atoms with Crippen LogP contribution in [0, 0.1) is 12.8 Å². The van der Waals surface area contributed by atoms with Crippen LogP contribution in [0.4, 0.5) is 0 Å². The van der Waals surface area contributed by atoms with E-state index in [1.165, 1.54) is 4.88 Å². The molecule has 0 saturated carbocycles. The van der Waals surface area contributed by atoms with Gasteiger partial charge in [-0.2, -0.15) is 0 Å². The first-order chi connectivity index (χ1) is 8.15. The first kappa shape index (κ1) is 14.1. The van der Waals surface area contributed by atoms with E-state index >= 15 is 0 Å². The normalized spacial score (nSPS) is 12.6. The molecule has 3 N–H and O–H groups in total. The van der Waals surface area contributed by atoms with E-state index in [0.29, 0.717) is 13.0 Å². The number of nitrogens with two attached hydrogens (primary N) is 1. The molecule has 1 heterocycles. The lowest BCUT2D eigenvalue weighted by Gasteiger charge is -2.11. The highest BCUT2D eigenvalue weighted by molar-refractivity contribution is 7.09. The summed E-state index contributed by atoms with van der Waals surface area (Å²) in [6, 6.07) is 0. The molecule has 17 heavy (non-hydrogen) atoms. The van der Waals surface area contributed by atoms with E-state index in [1.807, 2.05) is 12.4 Å². The van der Waals surface area contributed by atoms with Crippen molar-refractivity contribution in [1.29, 1.82) is 0 Å². The molecular weight excluding hydrogens is 236 g/mol. The molecule has 1 aromatic rings. The Labute approximate surface area is 106 Å². The van der Waals surface area contributed by atoms with Crippen molar-refractivity contribution in [2.75, 3.05) is 6.54 Å². The van der Waals surface area contributed by atoms with Gasteiger partial charge in [0.2, 0.25) is 0 Å². The van der Waals surface area contributed by atoms with Gasteiger partial charge in [0.25, 0.3) is 0 Å². The van der Waals surface area contributed by atoms with Crippen LogP contribution in [0.25, 0.3) is 0 Å². The Kier molecular flexibility index (Phi) is 6.15. The fourth-order valence-electron chi connectivity index (χ4n) is 1.80. The van der Waals surface area contributed by atoms with Gasteiger partial charge in [-0.25, -0.2) is 4.98 Å². The van der Waals surface area contributed by atoms with Crippen LogP contribution >= 0.6 is 11.3 Å². The van der Waals surface area contributed by atoms with E-state index < -0.39 is 5.97 Å².